The molecule has 0 bridgehead atoms. The fraction of sp³-hybridized carbons (Fsp3) is 0.241. The van der Waals surface area contributed by atoms with E-state index < -0.39 is 8.07 Å². The Bertz CT molecular complexity index is 1110. The summed E-state index contributed by atoms with van der Waals surface area (Å²) in [5.41, 5.74) is 9.26. The van der Waals surface area contributed by atoms with E-state index in [9.17, 15) is 0 Å². The maximum Gasteiger partial charge on any atom is 0.0768 e. The molecule has 0 aliphatic heterocycles. The Morgan fingerprint density at radius 1 is 0.900 bits per heavy atom. The topological polar surface area (TPSA) is 0 Å². The average molecular weight is 407 g/mol. The number of hydrogen-bond donors (Lipinski definition) is 0. The lowest BCUT2D eigenvalue weighted by molar-refractivity contribution is 0.493. The lowest BCUT2D eigenvalue weighted by Crippen LogP contribution is -2.58. The number of fused-ring (bicyclic) bond motifs is 4. The van der Waals surface area contributed by atoms with Gasteiger partial charge in [-0.15, -0.1) is 6.58 Å². The van der Waals surface area contributed by atoms with Crippen molar-refractivity contribution >= 4 is 14.1 Å². The molecule has 0 radical (unpaired) electrons. The highest BCUT2D eigenvalue weighted by molar-refractivity contribution is 6.83. The quantitative estimate of drug-likeness (QED) is 0.300. The molecule has 0 saturated carbocycles. The molecule has 5 rings (SSSR count). The summed E-state index contributed by atoms with van der Waals surface area (Å²) < 4.78 is 0. The lowest BCUT2D eigenvalue weighted by Gasteiger charge is -2.50. The molecule has 30 heavy (non-hydrogen) atoms. The third-order valence-electron chi connectivity index (χ3n) is 7.86. The van der Waals surface area contributed by atoms with Crippen LogP contribution in [0.4, 0.5) is 0 Å². The highest BCUT2D eigenvalue weighted by Crippen LogP contribution is 2.58. The van der Waals surface area contributed by atoms with Crippen LogP contribution < -0.4 is 0 Å². The smallest absolute Gasteiger partial charge is 0.0768 e. The third kappa shape index (κ3) is 2.39. The van der Waals surface area contributed by atoms with Crippen molar-refractivity contribution in [1.82, 2.24) is 0 Å². The molecule has 0 N–H and O–H groups in total. The van der Waals surface area contributed by atoms with Gasteiger partial charge in [0.25, 0.3) is 0 Å². The third-order valence-corrected chi connectivity index (χ3v) is 12.9. The zero-order chi connectivity index (χ0) is 20.9. The molecule has 0 spiro atoms. The zero-order valence-corrected chi connectivity index (χ0v) is 19.2. The van der Waals surface area contributed by atoms with Gasteiger partial charge in [-0.05, 0) is 45.7 Å². The van der Waals surface area contributed by atoms with Crippen LogP contribution >= 0.6 is 0 Å². The van der Waals surface area contributed by atoms with Gasteiger partial charge in [-0.3, -0.25) is 0 Å². The van der Waals surface area contributed by atoms with E-state index in [0.717, 1.165) is 6.42 Å². The molecule has 2 aliphatic carbocycles. The van der Waals surface area contributed by atoms with Crippen LogP contribution in [0.1, 0.15) is 41.1 Å². The van der Waals surface area contributed by atoms with E-state index in [1.54, 1.807) is 0 Å². The monoisotopic (exact) mass is 406 g/mol. The Morgan fingerprint density at radius 3 is 2.07 bits per heavy atom. The SMILES string of the molecule is C=CC(CC)C1([Si](C)(C)C2c3ccccc3-c3ccccc32)C=Cc2ccccc21. The molecule has 2 unspecified atom stereocenters. The normalized spacial score (nSPS) is 20.5. The maximum absolute atomic E-state index is 4.31. The Hall–Kier alpha value is -2.64. The van der Waals surface area contributed by atoms with Crippen LogP contribution in [0, 0.1) is 5.92 Å². The van der Waals surface area contributed by atoms with Gasteiger partial charge in [0.1, 0.15) is 0 Å². The van der Waals surface area contributed by atoms with Crippen molar-refractivity contribution in [3.63, 3.8) is 0 Å². The van der Waals surface area contributed by atoms with Crippen LogP contribution in [0.3, 0.4) is 0 Å². The van der Waals surface area contributed by atoms with Crippen molar-refractivity contribution in [2.45, 2.75) is 37.0 Å². The average Bonchev–Trinajstić information content (AvgIpc) is 3.33. The van der Waals surface area contributed by atoms with Crippen LogP contribution in [0.2, 0.25) is 13.1 Å². The summed E-state index contributed by atoms with van der Waals surface area (Å²) >= 11 is 0. The standard InChI is InChI=1S/C29H30Si/c1-5-22(6-2)29(20-19-21-13-7-12-18-27(21)29)30(3,4)28-25-16-10-8-14-23(25)24-15-9-11-17-26(24)28/h5,7-20,22,28H,1,6H2,2-4H3. The van der Waals surface area contributed by atoms with Crippen molar-refractivity contribution in [3.05, 3.63) is 114 Å². The summed E-state index contributed by atoms with van der Waals surface area (Å²) in [5, 5.41) is 0.0370. The van der Waals surface area contributed by atoms with Gasteiger partial charge in [0, 0.05) is 10.6 Å². The summed E-state index contributed by atoms with van der Waals surface area (Å²) in [5.74, 6) is 0.430. The second-order valence-corrected chi connectivity index (χ2v) is 14.2. The molecule has 0 fully saturated rings. The highest BCUT2D eigenvalue weighted by Gasteiger charge is 2.57. The van der Waals surface area contributed by atoms with Gasteiger partial charge in [-0.1, -0.05) is 111 Å². The minimum atomic E-state index is -2.00. The molecule has 2 aliphatic rings. The van der Waals surface area contributed by atoms with E-state index in [1.807, 2.05) is 0 Å². The van der Waals surface area contributed by atoms with E-state index in [1.165, 1.54) is 33.4 Å². The summed E-state index contributed by atoms with van der Waals surface area (Å²) in [6.07, 6.45) is 8.27. The molecule has 0 nitrogen and oxygen atoms in total. The molecule has 0 amide bonds. The summed E-state index contributed by atoms with van der Waals surface area (Å²) in [4.78, 5) is 0. The van der Waals surface area contributed by atoms with Gasteiger partial charge in [-0.25, -0.2) is 0 Å². The second-order valence-electron chi connectivity index (χ2n) is 9.37. The minimum absolute atomic E-state index is 0.0370. The van der Waals surface area contributed by atoms with Crippen molar-refractivity contribution in [2.24, 2.45) is 5.92 Å². The van der Waals surface area contributed by atoms with E-state index in [-0.39, 0.29) is 5.04 Å². The molecule has 0 heterocycles. The first-order valence-electron chi connectivity index (χ1n) is 11.2. The summed E-state index contributed by atoms with van der Waals surface area (Å²) in [7, 11) is -2.00. The van der Waals surface area contributed by atoms with Crippen molar-refractivity contribution < 1.29 is 0 Å². The molecule has 3 aromatic carbocycles. The van der Waals surface area contributed by atoms with Crippen LogP contribution in [-0.4, -0.2) is 8.07 Å². The van der Waals surface area contributed by atoms with Crippen molar-refractivity contribution in [3.8, 4) is 11.1 Å². The van der Waals surface area contributed by atoms with Crippen LogP contribution in [0.15, 0.2) is 91.5 Å². The van der Waals surface area contributed by atoms with Crippen LogP contribution in [-0.2, 0) is 5.04 Å². The van der Waals surface area contributed by atoms with Gasteiger partial charge >= 0.3 is 0 Å². The van der Waals surface area contributed by atoms with Crippen LogP contribution in [0.25, 0.3) is 17.2 Å². The Morgan fingerprint density at radius 2 is 1.47 bits per heavy atom. The minimum Gasteiger partial charge on any atom is -0.103 e. The number of rotatable bonds is 5. The molecule has 0 aromatic heterocycles. The van der Waals surface area contributed by atoms with E-state index in [0.29, 0.717) is 11.5 Å². The summed E-state index contributed by atoms with van der Waals surface area (Å²) in [6, 6.07) is 27.2. The molecule has 3 aromatic rings. The molecular weight excluding hydrogens is 376 g/mol. The van der Waals surface area contributed by atoms with Crippen molar-refractivity contribution in [2.75, 3.05) is 0 Å². The number of benzene rings is 3. The van der Waals surface area contributed by atoms with Crippen LogP contribution in [0.5, 0.6) is 0 Å². The van der Waals surface area contributed by atoms with Gasteiger partial charge in [0.05, 0.1) is 8.07 Å². The first-order chi connectivity index (χ1) is 14.6. The highest BCUT2D eigenvalue weighted by atomic mass is 28.3. The molecular formula is C29H30Si. The van der Waals surface area contributed by atoms with E-state index in [4.69, 9.17) is 0 Å². The Labute approximate surface area is 182 Å². The van der Waals surface area contributed by atoms with Gasteiger partial charge in [0.15, 0.2) is 0 Å². The van der Waals surface area contributed by atoms with Gasteiger partial charge < -0.3 is 0 Å². The van der Waals surface area contributed by atoms with Gasteiger partial charge in [-0.2, -0.15) is 0 Å². The Kier molecular flexibility index (Phi) is 4.48. The van der Waals surface area contributed by atoms with E-state index in [2.05, 4.69) is 118 Å². The van der Waals surface area contributed by atoms with E-state index >= 15 is 0 Å². The zero-order valence-electron chi connectivity index (χ0n) is 18.2. The first-order valence-corrected chi connectivity index (χ1v) is 14.2. The largest absolute Gasteiger partial charge is 0.103 e. The second kappa shape index (κ2) is 6.96. The first kappa shape index (κ1) is 19.3. The maximum atomic E-state index is 4.31. The fourth-order valence-corrected chi connectivity index (χ4v) is 11.8. The predicted molar refractivity (Wildman–Crippen MR) is 132 cm³/mol. The lowest BCUT2D eigenvalue weighted by atomic mass is 9.84. The molecule has 2 atom stereocenters. The predicted octanol–water partition coefficient (Wildman–Crippen LogP) is 7.76. The summed E-state index contributed by atoms with van der Waals surface area (Å²) in [6.45, 7) is 11.9. The van der Waals surface area contributed by atoms with Gasteiger partial charge in [0.2, 0.25) is 0 Å². The van der Waals surface area contributed by atoms with Crippen molar-refractivity contribution in [1.29, 1.82) is 0 Å². The molecule has 0 saturated heterocycles. The molecule has 150 valence electrons. The fourth-order valence-electron chi connectivity index (χ4n) is 6.54. The number of hydrogen-bond acceptors (Lipinski definition) is 0. The molecule has 1 heteroatoms. The Balaban J connectivity index is 1.80. The number of allylic oxidation sites excluding steroid dienone is 2.